The minimum absolute atomic E-state index is 0.353. The van der Waals surface area contributed by atoms with Crippen LogP contribution in [0.2, 0.25) is 0 Å². The van der Waals surface area contributed by atoms with Crippen molar-refractivity contribution in [1.29, 1.82) is 0 Å². The molecule has 2 rings (SSSR count). The van der Waals surface area contributed by atoms with Gasteiger partial charge >= 0.3 is 0 Å². The molecule has 0 fully saturated rings. The predicted octanol–water partition coefficient (Wildman–Crippen LogP) is 3.48. The second-order valence-corrected chi connectivity index (χ2v) is 5.48. The van der Waals surface area contributed by atoms with Crippen LogP contribution in [0.1, 0.15) is 50.2 Å². The lowest BCUT2D eigenvalue weighted by molar-refractivity contribution is 0.441. The molecule has 1 aromatic rings. The van der Waals surface area contributed by atoms with Crippen LogP contribution in [-0.2, 0) is 6.42 Å². The highest BCUT2D eigenvalue weighted by molar-refractivity contribution is 5.35. The van der Waals surface area contributed by atoms with Gasteiger partial charge in [-0.25, -0.2) is 0 Å². The summed E-state index contributed by atoms with van der Waals surface area (Å²) in [4.78, 5) is 0. The van der Waals surface area contributed by atoms with Gasteiger partial charge in [-0.3, -0.25) is 0 Å². The van der Waals surface area contributed by atoms with Gasteiger partial charge < -0.3 is 5.73 Å². The van der Waals surface area contributed by atoms with Crippen molar-refractivity contribution in [1.82, 2.24) is 0 Å². The van der Waals surface area contributed by atoms with Crippen molar-refractivity contribution in [2.45, 2.75) is 51.5 Å². The molecule has 1 aliphatic carbocycles. The van der Waals surface area contributed by atoms with Gasteiger partial charge in [-0.15, -0.1) is 0 Å². The molecular weight excluding hydrogens is 194 g/mol. The van der Waals surface area contributed by atoms with Gasteiger partial charge in [0.25, 0.3) is 0 Å². The first-order valence-electron chi connectivity index (χ1n) is 6.52. The monoisotopic (exact) mass is 217 g/mol. The first kappa shape index (κ1) is 11.7. The third-order valence-corrected chi connectivity index (χ3v) is 3.77. The molecule has 0 amide bonds. The number of benzene rings is 1. The van der Waals surface area contributed by atoms with Crippen LogP contribution in [0.4, 0.5) is 0 Å². The lowest BCUT2D eigenvalue weighted by Gasteiger charge is -2.21. The number of hydrogen-bond donors (Lipinski definition) is 1. The van der Waals surface area contributed by atoms with E-state index in [1.54, 1.807) is 0 Å². The van der Waals surface area contributed by atoms with Crippen molar-refractivity contribution in [3.63, 3.8) is 0 Å². The minimum atomic E-state index is 0.353. The van der Waals surface area contributed by atoms with Gasteiger partial charge in [-0.1, -0.05) is 38.1 Å². The Kier molecular flexibility index (Phi) is 3.65. The Balaban J connectivity index is 2.01. The van der Waals surface area contributed by atoms with E-state index in [9.17, 15) is 0 Å². The molecule has 16 heavy (non-hydrogen) atoms. The molecule has 2 N–H and O–H groups in total. The number of nitrogens with two attached hydrogens (primary N) is 1. The molecule has 0 aromatic heterocycles. The number of rotatable bonds is 4. The molecule has 0 heterocycles. The number of hydrogen-bond acceptors (Lipinski definition) is 1. The fourth-order valence-electron chi connectivity index (χ4n) is 2.76. The van der Waals surface area contributed by atoms with Gasteiger partial charge in [0, 0.05) is 6.04 Å². The molecule has 0 spiro atoms. The molecule has 0 aliphatic heterocycles. The highest BCUT2D eigenvalue weighted by atomic mass is 14.7. The Hall–Kier alpha value is -0.820. The van der Waals surface area contributed by atoms with Gasteiger partial charge in [0.15, 0.2) is 0 Å². The van der Waals surface area contributed by atoms with Crippen LogP contribution in [0.15, 0.2) is 24.3 Å². The first-order chi connectivity index (χ1) is 7.68. The Morgan fingerprint density at radius 3 is 2.75 bits per heavy atom. The Labute approximate surface area is 99.0 Å². The summed E-state index contributed by atoms with van der Waals surface area (Å²) in [7, 11) is 0. The average molecular weight is 217 g/mol. The maximum Gasteiger partial charge on any atom is 0.0108 e. The summed E-state index contributed by atoms with van der Waals surface area (Å²) in [5.74, 6) is 1.37. The normalized spacial score (nSPS) is 21.1. The Bertz CT molecular complexity index is 343. The fraction of sp³-hybridized carbons (Fsp3) is 0.600. The van der Waals surface area contributed by atoms with Crippen molar-refractivity contribution in [3.05, 3.63) is 35.4 Å². The fourth-order valence-corrected chi connectivity index (χ4v) is 2.76. The predicted molar refractivity (Wildman–Crippen MR) is 69.6 cm³/mol. The molecule has 1 nitrogen and oxygen atoms in total. The highest BCUT2D eigenvalue weighted by Crippen LogP contribution is 2.35. The number of aryl methyl sites for hydroxylation is 1. The van der Waals surface area contributed by atoms with E-state index in [4.69, 9.17) is 5.73 Å². The average Bonchev–Trinajstić information content (AvgIpc) is 2.69. The largest absolute Gasteiger partial charge is 0.327 e. The maximum absolute atomic E-state index is 6.34. The van der Waals surface area contributed by atoms with Gasteiger partial charge in [-0.2, -0.15) is 0 Å². The third-order valence-electron chi connectivity index (χ3n) is 3.77. The Morgan fingerprint density at radius 2 is 2.00 bits per heavy atom. The van der Waals surface area contributed by atoms with Gasteiger partial charge in [0.05, 0.1) is 0 Å². The van der Waals surface area contributed by atoms with E-state index in [1.165, 1.54) is 30.4 Å². The zero-order chi connectivity index (χ0) is 11.5. The third kappa shape index (κ3) is 2.46. The van der Waals surface area contributed by atoms with Crippen LogP contribution in [0.25, 0.3) is 0 Å². The van der Waals surface area contributed by atoms with Gasteiger partial charge in [0.1, 0.15) is 0 Å². The summed E-state index contributed by atoms with van der Waals surface area (Å²) in [6, 6.07) is 9.16. The summed E-state index contributed by atoms with van der Waals surface area (Å²) in [6.07, 6.45) is 4.88. The molecule has 1 heteroatoms. The van der Waals surface area contributed by atoms with E-state index >= 15 is 0 Å². The topological polar surface area (TPSA) is 26.0 Å². The molecule has 2 atom stereocenters. The molecule has 88 valence electrons. The second kappa shape index (κ2) is 5.01. The van der Waals surface area contributed by atoms with Crippen LogP contribution >= 0.6 is 0 Å². The first-order valence-corrected chi connectivity index (χ1v) is 6.52. The van der Waals surface area contributed by atoms with Crippen molar-refractivity contribution >= 4 is 0 Å². The molecule has 0 saturated carbocycles. The van der Waals surface area contributed by atoms with Gasteiger partial charge in [-0.05, 0) is 48.6 Å². The zero-order valence-electron chi connectivity index (χ0n) is 10.4. The number of fused-ring (bicyclic) bond motifs is 1. The molecule has 2 unspecified atom stereocenters. The maximum atomic E-state index is 6.34. The molecule has 1 aliphatic rings. The summed E-state index contributed by atoms with van der Waals surface area (Å²) in [6.45, 7) is 4.55. The van der Waals surface area contributed by atoms with Crippen LogP contribution in [0, 0.1) is 5.92 Å². The van der Waals surface area contributed by atoms with E-state index in [-0.39, 0.29) is 0 Å². The molecule has 0 saturated heterocycles. The summed E-state index contributed by atoms with van der Waals surface area (Å²) in [5, 5.41) is 0. The van der Waals surface area contributed by atoms with E-state index in [1.807, 2.05) is 0 Å². The van der Waals surface area contributed by atoms with Crippen molar-refractivity contribution in [3.8, 4) is 0 Å². The van der Waals surface area contributed by atoms with Crippen LogP contribution in [-0.4, -0.2) is 6.04 Å². The Morgan fingerprint density at radius 1 is 1.25 bits per heavy atom. The van der Waals surface area contributed by atoms with E-state index < -0.39 is 0 Å². The lowest BCUT2D eigenvalue weighted by atomic mass is 9.89. The van der Waals surface area contributed by atoms with Crippen molar-refractivity contribution in [2.24, 2.45) is 11.7 Å². The SMILES string of the molecule is CC(C)CCC(N)C1CCc2ccccc21. The van der Waals surface area contributed by atoms with Crippen LogP contribution in [0.5, 0.6) is 0 Å². The molecule has 0 radical (unpaired) electrons. The van der Waals surface area contributed by atoms with Crippen LogP contribution in [0.3, 0.4) is 0 Å². The van der Waals surface area contributed by atoms with E-state index in [2.05, 4.69) is 38.1 Å². The molecule has 0 bridgehead atoms. The lowest BCUT2D eigenvalue weighted by Crippen LogP contribution is -2.27. The minimum Gasteiger partial charge on any atom is -0.327 e. The standard InChI is InChI=1S/C15H23N/c1-11(2)7-10-15(16)14-9-8-12-5-3-4-6-13(12)14/h3-6,11,14-15H,7-10,16H2,1-2H3. The van der Waals surface area contributed by atoms with E-state index in [0.29, 0.717) is 12.0 Å². The quantitative estimate of drug-likeness (QED) is 0.821. The second-order valence-electron chi connectivity index (χ2n) is 5.48. The molecule has 1 aromatic carbocycles. The van der Waals surface area contributed by atoms with E-state index in [0.717, 1.165) is 12.3 Å². The summed E-state index contributed by atoms with van der Waals surface area (Å²) >= 11 is 0. The van der Waals surface area contributed by atoms with Crippen molar-refractivity contribution < 1.29 is 0 Å². The summed E-state index contributed by atoms with van der Waals surface area (Å²) < 4.78 is 0. The smallest absolute Gasteiger partial charge is 0.0108 e. The van der Waals surface area contributed by atoms with Gasteiger partial charge in [0.2, 0.25) is 0 Å². The molecular formula is C15H23N. The van der Waals surface area contributed by atoms with Crippen LogP contribution < -0.4 is 5.73 Å². The highest BCUT2D eigenvalue weighted by Gasteiger charge is 2.26. The van der Waals surface area contributed by atoms with Crippen molar-refractivity contribution in [2.75, 3.05) is 0 Å². The summed E-state index contributed by atoms with van der Waals surface area (Å²) in [5.41, 5.74) is 9.38. The zero-order valence-corrected chi connectivity index (χ0v) is 10.4.